The number of methoxy groups -OCH3 is 2. The zero-order valence-corrected chi connectivity index (χ0v) is 21.9. The lowest BCUT2D eigenvalue weighted by atomic mass is 9.93. The molecule has 5 rings (SSSR count). The molecule has 0 radical (unpaired) electrons. The van der Waals surface area contributed by atoms with E-state index in [0.29, 0.717) is 22.8 Å². The van der Waals surface area contributed by atoms with Gasteiger partial charge in [-0.25, -0.2) is 0 Å². The Kier molecular flexibility index (Phi) is 6.63. The second kappa shape index (κ2) is 10.0. The Balaban J connectivity index is 1.52. The Bertz CT molecular complexity index is 1480. The number of hydrogen-bond acceptors (Lipinski definition) is 5. The minimum Gasteiger partial charge on any atom is -0.497 e. The minimum atomic E-state index is -1.23. The highest BCUT2D eigenvalue weighted by Crippen LogP contribution is 2.34. The first kappa shape index (κ1) is 25.1. The van der Waals surface area contributed by atoms with Crippen LogP contribution in [0.15, 0.2) is 78.9 Å². The van der Waals surface area contributed by atoms with E-state index in [1.807, 2.05) is 79.7 Å². The van der Waals surface area contributed by atoms with Crippen molar-refractivity contribution in [2.45, 2.75) is 32.5 Å². The summed E-state index contributed by atoms with van der Waals surface area (Å²) in [6.45, 7) is 4.21. The number of fused-ring (bicyclic) bond motifs is 1. The molecule has 1 aliphatic rings. The Morgan fingerprint density at radius 1 is 1.00 bits per heavy atom. The van der Waals surface area contributed by atoms with Gasteiger partial charge in [-0.05, 0) is 62.4 Å². The fourth-order valence-electron chi connectivity index (χ4n) is 4.80. The number of carbonyl (C=O) groups excluding carboxylic acids is 2. The number of para-hydroxylation sites is 1. The zero-order chi connectivity index (χ0) is 26.9. The maximum absolute atomic E-state index is 14.0. The smallest absolute Gasteiger partial charge is 0.277 e. The highest BCUT2D eigenvalue weighted by Gasteiger charge is 2.48. The third-order valence-electron chi connectivity index (χ3n) is 6.95. The Morgan fingerprint density at radius 3 is 2.39 bits per heavy atom. The van der Waals surface area contributed by atoms with Crippen molar-refractivity contribution in [3.8, 4) is 22.8 Å². The van der Waals surface area contributed by atoms with Gasteiger partial charge in [0.1, 0.15) is 22.7 Å². The molecule has 2 heterocycles. The van der Waals surface area contributed by atoms with E-state index in [1.165, 1.54) is 0 Å². The molecule has 4 aromatic rings. The molecule has 0 aliphatic carbocycles. The average molecular weight is 511 g/mol. The van der Waals surface area contributed by atoms with Crippen LogP contribution in [0.25, 0.3) is 11.3 Å². The summed E-state index contributed by atoms with van der Waals surface area (Å²) in [5.74, 6) is 0.844. The van der Waals surface area contributed by atoms with E-state index in [0.717, 1.165) is 22.4 Å². The number of aromatic nitrogens is 2. The second-order valence-corrected chi connectivity index (χ2v) is 9.55. The van der Waals surface area contributed by atoms with Crippen molar-refractivity contribution in [3.05, 3.63) is 95.7 Å². The molecule has 1 unspecified atom stereocenters. The monoisotopic (exact) mass is 510 g/mol. The van der Waals surface area contributed by atoms with Crippen LogP contribution >= 0.6 is 0 Å². The van der Waals surface area contributed by atoms with E-state index < -0.39 is 5.54 Å². The third kappa shape index (κ3) is 4.49. The molecule has 8 nitrogen and oxygen atoms in total. The summed E-state index contributed by atoms with van der Waals surface area (Å²) >= 11 is 0. The summed E-state index contributed by atoms with van der Waals surface area (Å²) in [7, 11) is 3.21. The molecule has 1 aromatic heterocycles. The van der Waals surface area contributed by atoms with Crippen molar-refractivity contribution in [2.75, 3.05) is 19.1 Å². The summed E-state index contributed by atoms with van der Waals surface area (Å²) in [6.07, 6.45) is 0. The van der Waals surface area contributed by atoms with Crippen LogP contribution in [0, 0.1) is 6.92 Å². The molecular formula is C30H30N4O4. The molecule has 194 valence electrons. The number of benzene rings is 3. The molecule has 0 saturated heterocycles. The predicted octanol–water partition coefficient (Wildman–Crippen LogP) is 4.61. The largest absolute Gasteiger partial charge is 0.497 e. The molecule has 1 N–H and O–H groups in total. The molecule has 3 aromatic carbocycles. The summed E-state index contributed by atoms with van der Waals surface area (Å²) in [5, 5.41) is 7.75. The second-order valence-electron chi connectivity index (χ2n) is 9.55. The van der Waals surface area contributed by atoms with Gasteiger partial charge in [0.25, 0.3) is 5.91 Å². The van der Waals surface area contributed by atoms with Crippen LogP contribution in [0.4, 0.5) is 5.69 Å². The maximum atomic E-state index is 14.0. The van der Waals surface area contributed by atoms with Crippen molar-refractivity contribution in [1.29, 1.82) is 0 Å². The maximum Gasteiger partial charge on any atom is 0.277 e. The van der Waals surface area contributed by atoms with E-state index in [1.54, 1.807) is 36.8 Å². The van der Waals surface area contributed by atoms with Crippen LogP contribution in [0.5, 0.6) is 11.5 Å². The third-order valence-corrected chi connectivity index (χ3v) is 6.95. The fourth-order valence-corrected chi connectivity index (χ4v) is 4.80. The molecule has 0 fully saturated rings. The summed E-state index contributed by atoms with van der Waals surface area (Å²) in [5.41, 5.74) is 3.25. The van der Waals surface area contributed by atoms with Crippen molar-refractivity contribution >= 4 is 17.5 Å². The van der Waals surface area contributed by atoms with Crippen LogP contribution in [-0.2, 0) is 17.9 Å². The van der Waals surface area contributed by atoms with Crippen molar-refractivity contribution < 1.29 is 19.1 Å². The molecule has 1 aliphatic heterocycles. The standard InChI is InChI=1S/C30H30N4O4/c1-20-9-13-23(14-10-20)34-28(35)26-17-25(21-11-15-24(37-3)16-12-21)32-33(26)19-30(34,2)29(36)31-18-22-7-5-6-8-27(22)38-4/h5-17H,18-19H2,1-4H3,(H,31,36). The van der Waals surface area contributed by atoms with E-state index in [2.05, 4.69) is 5.32 Å². The van der Waals surface area contributed by atoms with Crippen molar-refractivity contribution in [3.63, 3.8) is 0 Å². The van der Waals surface area contributed by atoms with Crippen LogP contribution in [0.2, 0.25) is 0 Å². The molecule has 0 spiro atoms. The van der Waals surface area contributed by atoms with E-state index in [9.17, 15) is 9.59 Å². The van der Waals surface area contributed by atoms with Crippen molar-refractivity contribution in [2.24, 2.45) is 0 Å². The number of nitrogens with one attached hydrogen (secondary N) is 1. The Labute approximate surface area is 221 Å². The van der Waals surface area contributed by atoms with Gasteiger partial charge < -0.3 is 14.8 Å². The summed E-state index contributed by atoms with van der Waals surface area (Å²) in [6, 6.07) is 24.4. The lowest BCUT2D eigenvalue weighted by molar-refractivity contribution is -0.126. The van der Waals surface area contributed by atoms with E-state index in [4.69, 9.17) is 14.6 Å². The molecule has 8 heteroatoms. The lowest BCUT2D eigenvalue weighted by Crippen LogP contribution is -2.64. The number of amides is 2. The molecule has 0 bridgehead atoms. The van der Waals surface area contributed by atoms with Gasteiger partial charge in [0.05, 0.1) is 26.5 Å². The van der Waals surface area contributed by atoms with Crippen LogP contribution in [0.1, 0.15) is 28.5 Å². The molecule has 0 saturated carbocycles. The average Bonchev–Trinajstić information content (AvgIpc) is 3.37. The van der Waals surface area contributed by atoms with Gasteiger partial charge in [-0.1, -0.05) is 35.9 Å². The van der Waals surface area contributed by atoms with Crippen molar-refractivity contribution in [1.82, 2.24) is 15.1 Å². The number of hydrogen-bond donors (Lipinski definition) is 1. The van der Waals surface area contributed by atoms with Gasteiger partial charge in [-0.2, -0.15) is 5.10 Å². The van der Waals surface area contributed by atoms with E-state index in [-0.39, 0.29) is 24.9 Å². The molecular weight excluding hydrogens is 480 g/mol. The van der Waals surface area contributed by atoms with Gasteiger partial charge >= 0.3 is 0 Å². The van der Waals surface area contributed by atoms with Crippen LogP contribution in [-0.4, -0.2) is 41.4 Å². The first-order valence-electron chi connectivity index (χ1n) is 12.4. The predicted molar refractivity (Wildman–Crippen MR) is 145 cm³/mol. The first-order chi connectivity index (χ1) is 18.3. The quantitative estimate of drug-likeness (QED) is 0.392. The first-order valence-corrected chi connectivity index (χ1v) is 12.4. The van der Waals surface area contributed by atoms with Crippen LogP contribution < -0.4 is 19.7 Å². The normalized spacial score (nSPS) is 16.6. The van der Waals surface area contributed by atoms with Gasteiger partial charge in [0.15, 0.2) is 0 Å². The van der Waals surface area contributed by atoms with Gasteiger partial charge in [-0.15, -0.1) is 0 Å². The Hall–Kier alpha value is -4.59. The number of anilines is 1. The number of carbonyl (C=O) groups is 2. The number of aryl methyl sites for hydroxylation is 1. The molecule has 2 amide bonds. The zero-order valence-electron chi connectivity index (χ0n) is 21.9. The topological polar surface area (TPSA) is 85.7 Å². The van der Waals surface area contributed by atoms with Gasteiger partial charge in [-0.3, -0.25) is 19.2 Å². The highest BCUT2D eigenvalue weighted by molar-refractivity contribution is 6.12. The number of nitrogens with zero attached hydrogens (tertiary/aromatic N) is 3. The summed E-state index contributed by atoms with van der Waals surface area (Å²) in [4.78, 5) is 29.4. The molecule has 1 atom stereocenters. The number of ether oxygens (including phenoxy) is 2. The van der Waals surface area contributed by atoms with Gasteiger partial charge in [0.2, 0.25) is 5.91 Å². The van der Waals surface area contributed by atoms with Crippen LogP contribution in [0.3, 0.4) is 0 Å². The SMILES string of the molecule is COc1ccc(-c2cc3n(n2)CC(C)(C(=O)NCc2ccccc2OC)N(c2ccc(C)cc2)C3=O)cc1. The highest BCUT2D eigenvalue weighted by atomic mass is 16.5. The molecule has 38 heavy (non-hydrogen) atoms. The summed E-state index contributed by atoms with van der Waals surface area (Å²) < 4.78 is 12.3. The van der Waals surface area contributed by atoms with E-state index >= 15 is 0 Å². The number of rotatable bonds is 7. The lowest BCUT2D eigenvalue weighted by Gasteiger charge is -2.43. The Morgan fingerprint density at radius 2 is 1.71 bits per heavy atom. The fraction of sp³-hybridized carbons (Fsp3) is 0.233. The van der Waals surface area contributed by atoms with Gasteiger partial charge in [0, 0.05) is 23.4 Å². The minimum absolute atomic E-state index is 0.190.